The third-order valence-corrected chi connectivity index (χ3v) is 3.50. The molecule has 0 radical (unpaired) electrons. The van der Waals surface area contributed by atoms with Crippen LogP contribution in [-0.2, 0) is 4.74 Å². The fourth-order valence-electron chi connectivity index (χ4n) is 2.57. The Kier molecular flexibility index (Phi) is 3.05. The van der Waals surface area contributed by atoms with E-state index in [9.17, 15) is 19.7 Å². The Morgan fingerprint density at radius 3 is 2.48 bits per heavy atom. The van der Waals surface area contributed by atoms with Crippen LogP contribution in [0.3, 0.4) is 0 Å². The lowest BCUT2D eigenvalue weighted by atomic mass is 10.1. The van der Waals surface area contributed by atoms with Crippen molar-refractivity contribution in [3.8, 4) is 0 Å². The van der Waals surface area contributed by atoms with Gasteiger partial charge in [0.2, 0.25) is 0 Å². The Hall–Kier alpha value is -2.55. The molecule has 0 atom stereocenters. The number of fused-ring (bicyclic) bond motifs is 1. The number of morpholine rings is 1. The zero-order valence-electron chi connectivity index (χ0n) is 11.2. The van der Waals surface area contributed by atoms with E-state index in [1.165, 1.54) is 6.92 Å². The second-order valence-corrected chi connectivity index (χ2v) is 4.76. The van der Waals surface area contributed by atoms with Gasteiger partial charge >= 0.3 is 5.69 Å². The van der Waals surface area contributed by atoms with Gasteiger partial charge in [-0.15, -0.1) is 0 Å². The van der Waals surface area contributed by atoms with Crippen LogP contribution >= 0.6 is 0 Å². The van der Waals surface area contributed by atoms with E-state index in [1.807, 2.05) is 0 Å². The summed E-state index contributed by atoms with van der Waals surface area (Å²) in [6.07, 6.45) is 0. The molecule has 1 saturated heterocycles. The average molecular weight is 292 g/mol. The lowest BCUT2D eigenvalue weighted by Crippen LogP contribution is -2.38. The standard InChI is InChI=1S/C12H12N4O5/c1-6-9(16(19)20)7-8(12(18)14-11(7)17)10(13-6)15-2-4-21-5-3-15/h2-5H2,1H3,(H,14,17,18). The van der Waals surface area contributed by atoms with Gasteiger partial charge in [-0.3, -0.25) is 25.0 Å². The molecule has 0 unspecified atom stereocenters. The molecule has 0 saturated carbocycles. The molecular formula is C12H12N4O5. The first-order valence-electron chi connectivity index (χ1n) is 6.38. The normalized spacial score (nSPS) is 17.7. The van der Waals surface area contributed by atoms with Crippen molar-refractivity contribution in [2.75, 3.05) is 31.2 Å². The van der Waals surface area contributed by atoms with Gasteiger partial charge in [-0.2, -0.15) is 0 Å². The van der Waals surface area contributed by atoms with Gasteiger partial charge in [-0.1, -0.05) is 0 Å². The van der Waals surface area contributed by atoms with E-state index in [0.717, 1.165) is 0 Å². The number of hydrogen-bond acceptors (Lipinski definition) is 7. The van der Waals surface area contributed by atoms with E-state index < -0.39 is 22.4 Å². The van der Waals surface area contributed by atoms with Crippen LogP contribution in [0.15, 0.2) is 0 Å². The molecule has 1 aromatic heterocycles. The van der Waals surface area contributed by atoms with Gasteiger partial charge in [0.1, 0.15) is 22.6 Å². The number of carbonyl (C=O) groups excluding carboxylic acids is 2. The molecule has 110 valence electrons. The monoisotopic (exact) mass is 292 g/mol. The van der Waals surface area contributed by atoms with Crippen LogP contribution in [-0.4, -0.2) is 48.0 Å². The summed E-state index contributed by atoms with van der Waals surface area (Å²) in [6.45, 7) is 3.43. The number of anilines is 1. The van der Waals surface area contributed by atoms with Gasteiger partial charge < -0.3 is 9.64 Å². The van der Waals surface area contributed by atoms with E-state index in [1.54, 1.807) is 4.90 Å². The first-order chi connectivity index (χ1) is 10.0. The number of amides is 2. The van der Waals surface area contributed by atoms with Crippen LogP contribution in [0, 0.1) is 17.0 Å². The number of rotatable bonds is 2. The van der Waals surface area contributed by atoms with Crippen molar-refractivity contribution in [2.24, 2.45) is 0 Å². The maximum Gasteiger partial charge on any atom is 0.304 e. The highest BCUT2D eigenvalue weighted by Gasteiger charge is 2.40. The van der Waals surface area contributed by atoms with Crippen molar-refractivity contribution in [2.45, 2.75) is 6.92 Å². The number of carbonyl (C=O) groups is 2. The lowest BCUT2D eigenvalue weighted by Gasteiger charge is -2.29. The maximum absolute atomic E-state index is 12.0. The maximum atomic E-state index is 12.0. The molecule has 0 aromatic carbocycles. The summed E-state index contributed by atoms with van der Waals surface area (Å²) < 4.78 is 5.24. The van der Waals surface area contributed by atoms with Crippen molar-refractivity contribution in [1.29, 1.82) is 0 Å². The highest BCUT2D eigenvalue weighted by atomic mass is 16.6. The first kappa shape index (κ1) is 13.4. The van der Waals surface area contributed by atoms with Crippen LogP contribution < -0.4 is 10.2 Å². The Labute approximate surface area is 119 Å². The number of ether oxygens (including phenoxy) is 1. The topological polar surface area (TPSA) is 115 Å². The quantitative estimate of drug-likeness (QED) is 0.464. The van der Waals surface area contributed by atoms with E-state index >= 15 is 0 Å². The molecule has 0 aliphatic carbocycles. The zero-order valence-corrected chi connectivity index (χ0v) is 11.2. The van der Waals surface area contributed by atoms with E-state index in [4.69, 9.17) is 4.74 Å². The molecule has 2 amide bonds. The summed E-state index contributed by atoms with van der Waals surface area (Å²) in [4.78, 5) is 40.3. The summed E-state index contributed by atoms with van der Waals surface area (Å²) in [7, 11) is 0. The summed E-state index contributed by atoms with van der Waals surface area (Å²) in [5, 5.41) is 13.3. The minimum atomic E-state index is -0.748. The average Bonchev–Trinajstić information content (AvgIpc) is 2.74. The number of pyridine rings is 1. The zero-order chi connectivity index (χ0) is 15.1. The fraction of sp³-hybridized carbons (Fsp3) is 0.417. The number of nitrogens with zero attached hydrogens (tertiary/aromatic N) is 3. The summed E-state index contributed by atoms with van der Waals surface area (Å²) in [5.41, 5.74) is -0.506. The molecule has 2 aliphatic heterocycles. The van der Waals surface area contributed by atoms with Crippen LogP contribution in [0.1, 0.15) is 26.4 Å². The second kappa shape index (κ2) is 4.77. The minimum Gasteiger partial charge on any atom is -0.378 e. The molecule has 2 aliphatic rings. The molecule has 1 aromatic rings. The summed E-state index contributed by atoms with van der Waals surface area (Å²) >= 11 is 0. The number of aryl methyl sites for hydroxylation is 1. The van der Waals surface area contributed by atoms with Crippen LogP contribution in [0.2, 0.25) is 0 Å². The molecule has 0 bridgehead atoms. The van der Waals surface area contributed by atoms with Crippen LogP contribution in [0.25, 0.3) is 0 Å². The smallest absolute Gasteiger partial charge is 0.304 e. The van der Waals surface area contributed by atoms with Crippen molar-refractivity contribution in [1.82, 2.24) is 10.3 Å². The van der Waals surface area contributed by atoms with Crippen molar-refractivity contribution >= 4 is 23.3 Å². The molecular weight excluding hydrogens is 280 g/mol. The molecule has 1 fully saturated rings. The van der Waals surface area contributed by atoms with Crippen molar-refractivity contribution in [3.63, 3.8) is 0 Å². The molecule has 21 heavy (non-hydrogen) atoms. The Morgan fingerprint density at radius 1 is 1.24 bits per heavy atom. The largest absolute Gasteiger partial charge is 0.378 e. The van der Waals surface area contributed by atoms with Gasteiger partial charge in [-0.25, -0.2) is 4.98 Å². The molecule has 9 nitrogen and oxygen atoms in total. The predicted octanol–water partition coefficient (Wildman–Crippen LogP) is 0.0184. The molecule has 3 rings (SSSR count). The van der Waals surface area contributed by atoms with Gasteiger partial charge in [-0.05, 0) is 6.92 Å². The van der Waals surface area contributed by atoms with Crippen LogP contribution in [0.4, 0.5) is 11.5 Å². The fourth-order valence-corrected chi connectivity index (χ4v) is 2.57. The first-order valence-corrected chi connectivity index (χ1v) is 6.38. The third kappa shape index (κ3) is 2.02. The van der Waals surface area contributed by atoms with Crippen LogP contribution in [0.5, 0.6) is 0 Å². The van der Waals surface area contributed by atoms with Gasteiger partial charge in [0, 0.05) is 13.1 Å². The Balaban J connectivity index is 2.23. The number of hydrogen-bond donors (Lipinski definition) is 1. The lowest BCUT2D eigenvalue weighted by molar-refractivity contribution is -0.386. The summed E-state index contributed by atoms with van der Waals surface area (Å²) in [6, 6.07) is 0. The van der Waals surface area contributed by atoms with Crippen molar-refractivity contribution in [3.05, 3.63) is 26.9 Å². The van der Waals surface area contributed by atoms with E-state index in [2.05, 4.69) is 10.3 Å². The second-order valence-electron chi connectivity index (χ2n) is 4.76. The summed E-state index contributed by atoms with van der Waals surface area (Å²) in [5.74, 6) is -1.09. The number of nitro groups is 1. The van der Waals surface area contributed by atoms with E-state index in [-0.39, 0.29) is 16.8 Å². The highest BCUT2D eigenvalue weighted by Crippen LogP contribution is 2.34. The minimum absolute atomic E-state index is 0.0146. The molecule has 1 N–H and O–H groups in total. The molecule has 9 heteroatoms. The molecule has 0 spiro atoms. The third-order valence-electron chi connectivity index (χ3n) is 3.50. The SMILES string of the molecule is Cc1nc(N2CCOCC2)c2c(c1[N+](=O)[O-])C(=O)NC2=O. The van der Waals surface area contributed by atoms with Gasteiger partial charge in [0.15, 0.2) is 0 Å². The number of aromatic nitrogens is 1. The number of nitrogens with one attached hydrogen (secondary N) is 1. The predicted molar refractivity (Wildman–Crippen MR) is 70.5 cm³/mol. The number of imide groups is 1. The highest BCUT2D eigenvalue weighted by molar-refractivity contribution is 6.25. The Bertz CT molecular complexity index is 666. The van der Waals surface area contributed by atoms with E-state index in [0.29, 0.717) is 32.1 Å². The van der Waals surface area contributed by atoms with Gasteiger partial charge in [0.05, 0.1) is 18.1 Å². The molecule has 3 heterocycles. The van der Waals surface area contributed by atoms with Crippen molar-refractivity contribution < 1.29 is 19.2 Å². The Morgan fingerprint density at radius 2 is 1.86 bits per heavy atom. The van der Waals surface area contributed by atoms with Gasteiger partial charge in [0.25, 0.3) is 11.8 Å².